The van der Waals surface area contributed by atoms with Gasteiger partial charge < -0.3 is 14.2 Å². The number of ether oxygens (including phenoxy) is 3. The highest BCUT2D eigenvalue weighted by Crippen LogP contribution is 2.34. The van der Waals surface area contributed by atoms with E-state index in [1.165, 1.54) is 36.5 Å². The number of para-hydroxylation sites is 2. The molecule has 0 radical (unpaired) electrons. The molecule has 11 nitrogen and oxygen atoms in total. The molecule has 2 heterocycles. The fraction of sp³-hybridized carbons (Fsp3) is 0.0345. The molecule has 0 aliphatic carbocycles. The van der Waals surface area contributed by atoms with Gasteiger partial charge in [0.2, 0.25) is 12.5 Å². The van der Waals surface area contributed by atoms with E-state index in [4.69, 9.17) is 14.2 Å². The second-order valence-corrected chi connectivity index (χ2v) is 8.59. The molecule has 0 amide bonds. The third-order valence-electron chi connectivity index (χ3n) is 6.12. The Morgan fingerprint density at radius 2 is 1.75 bits per heavy atom. The van der Waals surface area contributed by atoms with Gasteiger partial charge in [0.25, 0.3) is 5.56 Å². The Labute approximate surface area is 225 Å². The van der Waals surface area contributed by atoms with Crippen LogP contribution in [0.1, 0.15) is 15.9 Å². The van der Waals surface area contributed by atoms with Gasteiger partial charge in [0.05, 0.1) is 27.6 Å². The van der Waals surface area contributed by atoms with Crippen molar-refractivity contribution in [3.8, 4) is 28.6 Å². The molecule has 0 unspecified atom stereocenters. The predicted octanol–water partition coefficient (Wildman–Crippen LogP) is 4.80. The second-order valence-electron chi connectivity index (χ2n) is 8.59. The van der Waals surface area contributed by atoms with Crippen LogP contribution < -0.4 is 19.8 Å². The summed E-state index contributed by atoms with van der Waals surface area (Å²) in [6.45, 7) is 0.0204. The lowest BCUT2D eigenvalue weighted by Crippen LogP contribution is -2.20. The number of carbonyl (C=O) groups excluding carboxylic acids is 1. The highest BCUT2D eigenvalue weighted by molar-refractivity contribution is 5.95. The lowest BCUT2D eigenvalue weighted by molar-refractivity contribution is -0.385. The van der Waals surface area contributed by atoms with E-state index in [1.54, 1.807) is 54.6 Å². The van der Waals surface area contributed by atoms with E-state index in [-0.39, 0.29) is 29.5 Å². The lowest BCUT2D eigenvalue weighted by Gasteiger charge is -2.11. The van der Waals surface area contributed by atoms with E-state index in [2.05, 4.69) is 10.1 Å². The number of fused-ring (bicyclic) bond motifs is 2. The van der Waals surface area contributed by atoms with E-state index in [9.17, 15) is 19.7 Å². The number of hydrogen-bond donors (Lipinski definition) is 0. The number of nitrogens with zero attached hydrogens (tertiary/aromatic N) is 4. The zero-order valence-corrected chi connectivity index (χ0v) is 20.6. The third-order valence-corrected chi connectivity index (χ3v) is 6.12. The quantitative estimate of drug-likeness (QED) is 0.0997. The van der Waals surface area contributed by atoms with Crippen LogP contribution in [0, 0.1) is 10.1 Å². The van der Waals surface area contributed by atoms with Crippen LogP contribution in [0.15, 0.2) is 101 Å². The summed E-state index contributed by atoms with van der Waals surface area (Å²) in [5, 5.41) is 16.5. The molecule has 0 fully saturated rings. The number of rotatable bonds is 6. The van der Waals surface area contributed by atoms with Gasteiger partial charge in [-0.05, 0) is 36.4 Å². The minimum absolute atomic E-state index is 0.0204. The molecule has 0 bridgehead atoms. The number of benzene rings is 4. The molecule has 5 aromatic rings. The zero-order chi connectivity index (χ0) is 27.6. The van der Waals surface area contributed by atoms with Crippen LogP contribution in [0.25, 0.3) is 22.3 Å². The fourth-order valence-corrected chi connectivity index (χ4v) is 4.20. The van der Waals surface area contributed by atoms with Gasteiger partial charge in [0.1, 0.15) is 0 Å². The van der Waals surface area contributed by atoms with E-state index in [0.717, 1.165) is 4.68 Å². The van der Waals surface area contributed by atoms with Gasteiger partial charge >= 0.3 is 11.7 Å². The largest absolute Gasteiger partial charge is 0.454 e. The fourth-order valence-electron chi connectivity index (χ4n) is 4.20. The van der Waals surface area contributed by atoms with Crippen LogP contribution in [0.5, 0.6) is 17.2 Å². The smallest absolute Gasteiger partial charge is 0.343 e. The van der Waals surface area contributed by atoms with Crippen LogP contribution in [-0.4, -0.2) is 33.6 Å². The Bertz CT molecular complexity index is 1880. The second kappa shape index (κ2) is 10.1. The van der Waals surface area contributed by atoms with Crippen molar-refractivity contribution >= 4 is 28.8 Å². The minimum Gasteiger partial charge on any atom is -0.454 e. The van der Waals surface area contributed by atoms with Crippen molar-refractivity contribution in [2.75, 3.05) is 6.79 Å². The molecular weight excluding hydrogens is 516 g/mol. The Morgan fingerprint density at radius 3 is 2.58 bits per heavy atom. The van der Waals surface area contributed by atoms with Gasteiger partial charge in [-0.25, -0.2) is 9.78 Å². The van der Waals surface area contributed by atoms with Crippen molar-refractivity contribution < 1.29 is 23.9 Å². The summed E-state index contributed by atoms with van der Waals surface area (Å²) in [6.07, 6.45) is 1.22. The number of nitro groups is 1. The number of esters is 1. The summed E-state index contributed by atoms with van der Waals surface area (Å²) in [6, 6.07) is 24.4. The summed E-state index contributed by atoms with van der Waals surface area (Å²) < 4.78 is 17.2. The average Bonchev–Trinajstić information content (AvgIpc) is 3.45. The third kappa shape index (κ3) is 4.52. The van der Waals surface area contributed by atoms with Gasteiger partial charge in [-0.3, -0.25) is 14.9 Å². The van der Waals surface area contributed by atoms with Gasteiger partial charge in [0, 0.05) is 17.2 Å². The first-order valence-electron chi connectivity index (χ1n) is 12.0. The van der Waals surface area contributed by atoms with E-state index in [1.807, 2.05) is 6.07 Å². The molecular formula is C29H18N4O7. The van der Waals surface area contributed by atoms with Crippen molar-refractivity contribution in [1.82, 2.24) is 9.66 Å². The topological polar surface area (TPSA) is 135 Å². The molecule has 0 atom stereocenters. The van der Waals surface area contributed by atoms with E-state index >= 15 is 0 Å². The summed E-state index contributed by atoms with van der Waals surface area (Å²) in [7, 11) is 0. The number of aromatic nitrogens is 2. The van der Waals surface area contributed by atoms with Crippen LogP contribution >= 0.6 is 0 Å². The first-order chi connectivity index (χ1) is 19.5. The van der Waals surface area contributed by atoms with Gasteiger partial charge in [0.15, 0.2) is 17.3 Å². The standard InChI is InChI=1S/C29H18N4O7/c34-28-21-10-4-5-11-22(21)31-27(18-7-2-1-3-8-18)32(28)30-16-20-9-6-12-23(33(36)37)26(20)40-29(35)19-13-14-24-25(15-19)39-17-38-24/h1-16H,17H2. The minimum atomic E-state index is -0.850. The van der Waals surface area contributed by atoms with Crippen LogP contribution in [0.3, 0.4) is 0 Å². The summed E-state index contributed by atoms with van der Waals surface area (Å²) in [5.41, 5.74) is 0.437. The Kier molecular flexibility index (Phi) is 6.21. The normalized spacial score (nSPS) is 12.1. The first kappa shape index (κ1) is 24.5. The van der Waals surface area contributed by atoms with Gasteiger partial charge in [-0.1, -0.05) is 48.5 Å². The summed E-state index contributed by atoms with van der Waals surface area (Å²) in [5.74, 6) is -0.0854. The number of hydrogen-bond acceptors (Lipinski definition) is 9. The Balaban J connectivity index is 1.44. The SMILES string of the molecule is O=C(Oc1c(C=Nn2c(-c3ccccc3)nc3ccccc3c2=O)cccc1[N+](=O)[O-])c1ccc2c(c1)OCO2. The highest BCUT2D eigenvalue weighted by atomic mass is 16.7. The van der Waals surface area contributed by atoms with E-state index < -0.39 is 22.1 Å². The Hall–Kier alpha value is -5.84. The molecule has 40 heavy (non-hydrogen) atoms. The molecule has 1 aromatic heterocycles. The molecule has 4 aromatic carbocycles. The average molecular weight is 534 g/mol. The maximum absolute atomic E-state index is 13.5. The summed E-state index contributed by atoms with van der Waals surface area (Å²) in [4.78, 5) is 42.3. The van der Waals surface area contributed by atoms with Crippen molar-refractivity contribution in [3.05, 3.63) is 123 Å². The molecule has 11 heteroatoms. The van der Waals surface area contributed by atoms with Crippen LogP contribution in [0.4, 0.5) is 5.69 Å². The van der Waals surface area contributed by atoms with Crippen LogP contribution in [0.2, 0.25) is 0 Å². The molecule has 0 saturated heterocycles. The monoisotopic (exact) mass is 534 g/mol. The molecule has 0 saturated carbocycles. The first-order valence-corrected chi connectivity index (χ1v) is 12.0. The molecule has 0 N–H and O–H groups in total. The van der Waals surface area contributed by atoms with Crippen molar-refractivity contribution in [2.24, 2.45) is 5.10 Å². The molecule has 196 valence electrons. The van der Waals surface area contributed by atoms with Crippen LogP contribution in [-0.2, 0) is 0 Å². The Morgan fingerprint density at radius 1 is 0.975 bits per heavy atom. The van der Waals surface area contributed by atoms with Crippen molar-refractivity contribution in [3.63, 3.8) is 0 Å². The highest BCUT2D eigenvalue weighted by Gasteiger charge is 2.24. The maximum atomic E-state index is 13.5. The molecule has 1 aliphatic heterocycles. The number of carbonyl (C=O) groups is 1. The van der Waals surface area contributed by atoms with Gasteiger partial charge in [-0.15, -0.1) is 0 Å². The van der Waals surface area contributed by atoms with Gasteiger partial charge in [-0.2, -0.15) is 9.78 Å². The van der Waals surface area contributed by atoms with Crippen molar-refractivity contribution in [2.45, 2.75) is 0 Å². The maximum Gasteiger partial charge on any atom is 0.343 e. The molecule has 6 rings (SSSR count). The number of nitro benzene ring substituents is 1. The lowest BCUT2D eigenvalue weighted by atomic mass is 10.1. The molecule has 0 spiro atoms. The molecule has 1 aliphatic rings. The summed E-state index contributed by atoms with van der Waals surface area (Å²) >= 11 is 0. The predicted molar refractivity (Wildman–Crippen MR) is 145 cm³/mol. The zero-order valence-electron chi connectivity index (χ0n) is 20.6. The van der Waals surface area contributed by atoms with E-state index in [0.29, 0.717) is 28.0 Å². The van der Waals surface area contributed by atoms with Crippen molar-refractivity contribution in [1.29, 1.82) is 0 Å².